The van der Waals surface area contributed by atoms with Gasteiger partial charge in [-0.1, -0.05) is 18.2 Å². The second-order valence-electron chi connectivity index (χ2n) is 2.89. The van der Waals surface area contributed by atoms with Crippen molar-refractivity contribution >= 4 is 33.5 Å². The number of anilines is 1. The summed E-state index contributed by atoms with van der Waals surface area (Å²) in [5.74, 6) is -0.404. The van der Waals surface area contributed by atoms with Crippen LogP contribution in [0.15, 0.2) is 30.3 Å². The Morgan fingerprint density at radius 2 is 1.86 bits per heavy atom. The molecule has 0 aromatic heterocycles. The van der Waals surface area contributed by atoms with Gasteiger partial charge in [0.25, 0.3) is 0 Å². The van der Waals surface area contributed by atoms with E-state index in [0.717, 1.165) is 5.69 Å². The van der Waals surface area contributed by atoms with Crippen LogP contribution in [0.2, 0.25) is 0 Å². The highest BCUT2D eigenvalue weighted by atomic mass is 79.9. The molecule has 0 heterocycles. The molecule has 0 radical (unpaired) electrons. The van der Waals surface area contributed by atoms with E-state index in [-0.39, 0.29) is 18.1 Å². The van der Waals surface area contributed by atoms with Gasteiger partial charge in [0, 0.05) is 0 Å². The first kappa shape index (κ1) is 10.9. The first-order valence-corrected chi connectivity index (χ1v) is 4.85. The highest BCUT2D eigenvalue weighted by Gasteiger charge is 2.13. The standard InChI is InChI=1S/C10H10BrNO2/c1-8(13)7-10(14)12(11)9-5-3-2-4-6-9/h2-6H,7H2,1H3. The number of carbonyl (C=O) groups excluding carboxylic acids is 2. The molecular weight excluding hydrogens is 246 g/mol. The number of ketones is 1. The summed E-state index contributed by atoms with van der Waals surface area (Å²) >= 11 is 3.11. The Morgan fingerprint density at radius 1 is 1.29 bits per heavy atom. The van der Waals surface area contributed by atoms with Crippen LogP contribution in [0.5, 0.6) is 0 Å². The second kappa shape index (κ2) is 4.91. The molecule has 1 aromatic carbocycles. The number of halogens is 1. The van der Waals surface area contributed by atoms with E-state index >= 15 is 0 Å². The average molecular weight is 256 g/mol. The molecule has 3 nitrogen and oxygen atoms in total. The van der Waals surface area contributed by atoms with E-state index in [1.54, 1.807) is 12.1 Å². The van der Waals surface area contributed by atoms with E-state index in [0.29, 0.717) is 0 Å². The van der Waals surface area contributed by atoms with E-state index < -0.39 is 0 Å². The van der Waals surface area contributed by atoms with Gasteiger partial charge in [0.1, 0.15) is 5.78 Å². The number of hydrogen-bond donors (Lipinski definition) is 0. The van der Waals surface area contributed by atoms with Gasteiger partial charge in [0.2, 0.25) is 5.91 Å². The minimum absolute atomic E-state index is 0.0832. The molecule has 0 unspecified atom stereocenters. The predicted octanol–water partition coefficient (Wildman–Crippen LogP) is 2.31. The van der Waals surface area contributed by atoms with Crippen LogP contribution in [0, 0.1) is 0 Å². The van der Waals surface area contributed by atoms with Gasteiger partial charge < -0.3 is 0 Å². The number of rotatable bonds is 3. The molecule has 0 N–H and O–H groups in total. The van der Waals surface area contributed by atoms with Crippen molar-refractivity contribution in [3.63, 3.8) is 0 Å². The normalized spacial score (nSPS) is 9.57. The van der Waals surface area contributed by atoms with Gasteiger partial charge in [-0.15, -0.1) is 0 Å². The first-order valence-electron chi connectivity index (χ1n) is 4.14. The van der Waals surface area contributed by atoms with Crippen LogP contribution in [0.3, 0.4) is 0 Å². The number of para-hydroxylation sites is 1. The minimum atomic E-state index is -0.260. The third kappa shape index (κ3) is 2.96. The fourth-order valence-corrected chi connectivity index (χ4v) is 1.35. The lowest BCUT2D eigenvalue weighted by Gasteiger charge is -2.13. The number of carbonyl (C=O) groups is 2. The van der Waals surface area contributed by atoms with Crippen LogP contribution in [0.1, 0.15) is 13.3 Å². The van der Waals surface area contributed by atoms with Crippen LogP contribution in [0.25, 0.3) is 0 Å². The Labute approximate surface area is 91.1 Å². The molecule has 74 valence electrons. The number of benzene rings is 1. The summed E-state index contributed by atoms with van der Waals surface area (Å²) in [6.07, 6.45) is -0.0832. The number of amides is 1. The second-order valence-corrected chi connectivity index (χ2v) is 3.60. The van der Waals surface area contributed by atoms with Crippen molar-refractivity contribution in [2.75, 3.05) is 3.93 Å². The van der Waals surface area contributed by atoms with Gasteiger partial charge in [0.05, 0.1) is 28.3 Å². The van der Waals surface area contributed by atoms with E-state index in [1.807, 2.05) is 18.2 Å². The summed E-state index contributed by atoms with van der Waals surface area (Å²) in [7, 11) is 0. The topological polar surface area (TPSA) is 37.4 Å². The monoisotopic (exact) mass is 255 g/mol. The van der Waals surface area contributed by atoms with Crippen molar-refractivity contribution in [3.05, 3.63) is 30.3 Å². The van der Waals surface area contributed by atoms with Crippen LogP contribution in [-0.4, -0.2) is 11.7 Å². The third-order valence-corrected chi connectivity index (χ3v) is 2.41. The molecule has 1 aromatic rings. The lowest BCUT2D eigenvalue weighted by atomic mass is 10.2. The Bertz CT molecular complexity index is 337. The molecule has 1 rings (SSSR count). The van der Waals surface area contributed by atoms with Crippen molar-refractivity contribution in [3.8, 4) is 0 Å². The molecule has 0 aliphatic rings. The Hall–Kier alpha value is -1.16. The van der Waals surface area contributed by atoms with E-state index in [2.05, 4.69) is 16.1 Å². The fourth-order valence-electron chi connectivity index (χ4n) is 0.985. The molecule has 0 saturated carbocycles. The summed E-state index contributed by atoms with van der Waals surface area (Å²) in [6.45, 7) is 1.39. The van der Waals surface area contributed by atoms with Gasteiger partial charge in [-0.3, -0.25) is 9.59 Å². The van der Waals surface area contributed by atoms with Crippen molar-refractivity contribution < 1.29 is 9.59 Å². The van der Waals surface area contributed by atoms with Crippen molar-refractivity contribution in [2.45, 2.75) is 13.3 Å². The highest BCUT2D eigenvalue weighted by Crippen LogP contribution is 2.18. The molecule has 0 aliphatic heterocycles. The lowest BCUT2D eigenvalue weighted by Crippen LogP contribution is -2.21. The number of Topliss-reactive ketones (excluding diaryl/α,β-unsaturated/α-hetero) is 1. The van der Waals surface area contributed by atoms with Crippen LogP contribution in [0.4, 0.5) is 5.69 Å². The smallest absolute Gasteiger partial charge is 0.244 e. The molecular formula is C10H10BrNO2. The average Bonchev–Trinajstić information content (AvgIpc) is 2.17. The Kier molecular flexibility index (Phi) is 3.83. The van der Waals surface area contributed by atoms with Crippen LogP contribution in [-0.2, 0) is 9.59 Å². The molecule has 0 spiro atoms. The van der Waals surface area contributed by atoms with Gasteiger partial charge in [-0.05, 0) is 19.1 Å². The molecule has 0 bridgehead atoms. The third-order valence-electron chi connectivity index (χ3n) is 1.60. The summed E-state index contributed by atoms with van der Waals surface area (Å²) in [6, 6.07) is 9.08. The maximum absolute atomic E-state index is 11.4. The van der Waals surface area contributed by atoms with Gasteiger partial charge in [-0.2, -0.15) is 0 Å². The number of hydrogen-bond acceptors (Lipinski definition) is 2. The highest BCUT2D eigenvalue weighted by molar-refractivity contribution is 9.10. The first-order chi connectivity index (χ1) is 6.61. The summed E-state index contributed by atoms with van der Waals surface area (Å²) in [4.78, 5) is 22.1. The zero-order valence-corrected chi connectivity index (χ0v) is 9.32. The molecule has 14 heavy (non-hydrogen) atoms. The van der Waals surface area contributed by atoms with Crippen molar-refractivity contribution in [1.29, 1.82) is 0 Å². The quantitative estimate of drug-likeness (QED) is 0.614. The summed E-state index contributed by atoms with van der Waals surface area (Å²) in [5, 5.41) is 0. The van der Waals surface area contributed by atoms with Crippen LogP contribution >= 0.6 is 16.1 Å². The summed E-state index contributed by atoms with van der Waals surface area (Å²) in [5.41, 5.74) is 0.721. The predicted molar refractivity (Wildman–Crippen MR) is 58.2 cm³/mol. The molecule has 0 atom stereocenters. The molecule has 1 amide bonds. The van der Waals surface area contributed by atoms with Gasteiger partial charge in [-0.25, -0.2) is 3.93 Å². The van der Waals surface area contributed by atoms with E-state index in [9.17, 15) is 9.59 Å². The fraction of sp³-hybridized carbons (Fsp3) is 0.200. The maximum Gasteiger partial charge on any atom is 0.244 e. The van der Waals surface area contributed by atoms with Gasteiger partial charge in [0.15, 0.2) is 0 Å². The van der Waals surface area contributed by atoms with Crippen molar-refractivity contribution in [1.82, 2.24) is 0 Å². The molecule has 0 aliphatic carbocycles. The largest absolute Gasteiger partial charge is 0.299 e. The zero-order chi connectivity index (χ0) is 10.6. The Morgan fingerprint density at radius 3 is 2.36 bits per heavy atom. The molecule has 4 heteroatoms. The van der Waals surface area contributed by atoms with E-state index in [4.69, 9.17) is 0 Å². The minimum Gasteiger partial charge on any atom is -0.299 e. The Balaban J connectivity index is 2.71. The van der Waals surface area contributed by atoms with Crippen LogP contribution < -0.4 is 3.93 Å². The molecule has 0 fully saturated rings. The van der Waals surface area contributed by atoms with E-state index in [1.165, 1.54) is 10.8 Å². The lowest BCUT2D eigenvalue weighted by molar-refractivity contribution is -0.124. The summed E-state index contributed by atoms with van der Waals surface area (Å²) < 4.78 is 1.30. The number of nitrogens with zero attached hydrogens (tertiary/aromatic N) is 1. The molecule has 0 saturated heterocycles. The maximum atomic E-state index is 11.4. The zero-order valence-electron chi connectivity index (χ0n) is 7.74. The van der Waals surface area contributed by atoms with Gasteiger partial charge >= 0.3 is 0 Å². The SMILES string of the molecule is CC(=O)CC(=O)N(Br)c1ccccc1. The van der Waals surface area contributed by atoms with Crippen molar-refractivity contribution in [2.24, 2.45) is 0 Å².